The highest BCUT2D eigenvalue weighted by atomic mass is 16.5. The molecule has 0 aromatic carbocycles. The van der Waals surface area contributed by atoms with Gasteiger partial charge in [-0.15, -0.1) is 0 Å². The molecule has 0 saturated heterocycles. The van der Waals surface area contributed by atoms with E-state index in [4.69, 9.17) is 15.0 Å². The fourth-order valence-electron chi connectivity index (χ4n) is 1.16. The predicted octanol–water partition coefficient (Wildman–Crippen LogP) is 1.75. The number of rotatable bonds is 5. The van der Waals surface area contributed by atoms with E-state index < -0.39 is 5.60 Å². The minimum atomic E-state index is -0.534. The molecule has 0 radical (unpaired) electrons. The van der Waals surface area contributed by atoms with E-state index in [9.17, 15) is 0 Å². The molecule has 0 aliphatic rings. The SMILES string of the molecule is CCC[C@H](N)c1nc(C(C)(C)OC)no1. The van der Waals surface area contributed by atoms with Crippen LogP contribution >= 0.6 is 0 Å². The van der Waals surface area contributed by atoms with Gasteiger partial charge in [-0.2, -0.15) is 4.98 Å². The Morgan fingerprint density at radius 1 is 1.53 bits per heavy atom. The highest BCUT2D eigenvalue weighted by molar-refractivity contribution is 4.99. The van der Waals surface area contributed by atoms with Crippen molar-refractivity contribution < 1.29 is 9.26 Å². The normalized spacial score (nSPS) is 14.2. The lowest BCUT2D eigenvalue weighted by molar-refractivity contribution is 0.00973. The maximum atomic E-state index is 5.87. The largest absolute Gasteiger partial charge is 0.371 e. The number of aromatic nitrogens is 2. The topological polar surface area (TPSA) is 74.2 Å². The molecule has 0 aliphatic heterocycles. The molecule has 0 spiro atoms. The van der Waals surface area contributed by atoms with Crippen molar-refractivity contribution in [2.24, 2.45) is 5.73 Å². The fourth-order valence-corrected chi connectivity index (χ4v) is 1.16. The van der Waals surface area contributed by atoms with Crippen LogP contribution in [0.15, 0.2) is 4.52 Å². The van der Waals surface area contributed by atoms with Crippen LogP contribution in [0.1, 0.15) is 51.4 Å². The van der Waals surface area contributed by atoms with E-state index in [0.717, 1.165) is 12.8 Å². The molecular weight excluding hydrogens is 194 g/mol. The zero-order valence-corrected chi connectivity index (χ0v) is 9.78. The number of hydrogen-bond donors (Lipinski definition) is 1. The first kappa shape index (κ1) is 12.1. The van der Waals surface area contributed by atoms with Gasteiger partial charge in [-0.3, -0.25) is 0 Å². The second-order valence-electron chi connectivity index (χ2n) is 4.07. The predicted molar refractivity (Wildman–Crippen MR) is 56.2 cm³/mol. The Balaban J connectivity index is 2.80. The third-order valence-electron chi connectivity index (χ3n) is 2.41. The summed E-state index contributed by atoms with van der Waals surface area (Å²) in [6.07, 6.45) is 1.83. The highest BCUT2D eigenvalue weighted by Gasteiger charge is 2.27. The summed E-state index contributed by atoms with van der Waals surface area (Å²) in [5.74, 6) is 1.02. The summed E-state index contributed by atoms with van der Waals surface area (Å²) in [4.78, 5) is 4.24. The number of hydrogen-bond acceptors (Lipinski definition) is 5. The van der Waals surface area contributed by atoms with Gasteiger partial charge in [0, 0.05) is 7.11 Å². The molecular formula is C10H19N3O2. The monoisotopic (exact) mass is 213 g/mol. The maximum Gasteiger partial charge on any atom is 0.243 e. The van der Waals surface area contributed by atoms with E-state index in [1.165, 1.54) is 0 Å². The van der Waals surface area contributed by atoms with Crippen molar-refractivity contribution in [1.82, 2.24) is 10.1 Å². The molecule has 1 rings (SSSR count). The average Bonchev–Trinajstić information content (AvgIpc) is 2.67. The zero-order valence-electron chi connectivity index (χ0n) is 9.78. The van der Waals surface area contributed by atoms with Gasteiger partial charge in [-0.25, -0.2) is 0 Å². The lowest BCUT2D eigenvalue weighted by Gasteiger charge is -2.17. The summed E-state index contributed by atoms with van der Waals surface area (Å²) in [6, 6.07) is -0.177. The van der Waals surface area contributed by atoms with Gasteiger partial charge in [0.1, 0.15) is 5.60 Å². The summed E-state index contributed by atoms with van der Waals surface area (Å²) >= 11 is 0. The minimum absolute atomic E-state index is 0.177. The molecule has 1 atom stereocenters. The highest BCUT2D eigenvalue weighted by Crippen LogP contribution is 2.22. The smallest absolute Gasteiger partial charge is 0.243 e. The van der Waals surface area contributed by atoms with Gasteiger partial charge in [-0.05, 0) is 20.3 Å². The lowest BCUT2D eigenvalue weighted by atomic mass is 10.1. The van der Waals surface area contributed by atoms with Crippen LogP contribution in [0.3, 0.4) is 0 Å². The summed E-state index contributed by atoms with van der Waals surface area (Å²) in [6.45, 7) is 5.83. The van der Waals surface area contributed by atoms with Crippen molar-refractivity contribution in [3.63, 3.8) is 0 Å². The molecule has 86 valence electrons. The third-order valence-corrected chi connectivity index (χ3v) is 2.41. The molecule has 1 aromatic heterocycles. The van der Waals surface area contributed by atoms with Crippen LogP contribution in [0.25, 0.3) is 0 Å². The Labute approximate surface area is 90.0 Å². The first-order valence-electron chi connectivity index (χ1n) is 5.16. The third kappa shape index (κ3) is 2.76. The van der Waals surface area contributed by atoms with Gasteiger partial charge in [0.05, 0.1) is 6.04 Å². The Morgan fingerprint density at radius 3 is 2.73 bits per heavy atom. The van der Waals surface area contributed by atoms with Crippen molar-refractivity contribution in [1.29, 1.82) is 0 Å². The lowest BCUT2D eigenvalue weighted by Crippen LogP contribution is -2.21. The summed E-state index contributed by atoms with van der Waals surface area (Å²) < 4.78 is 10.4. The summed E-state index contributed by atoms with van der Waals surface area (Å²) in [7, 11) is 1.61. The number of ether oxygens (including phenoxy) is 1. The van der Waals surface area contributed by atoms with Gasteiger partial charge in [0.15, 0.2) is 0 Å². The molecule has 0 fully saturated rings. The van der Waals surface area contributed by atoms with Gasteiger partial charge in [0.2, 0.25) is 11.7 Å². The molecule has 1 aromatic rings. The molecule has 5 heteroatoms. The Kier molecular flexibility index (Phi) is 3.82. The van der Waals surface area contributed by atoms with Crippen molar-refractivity contribution in [3.05, 3.63) is 11.7 Å². The molecule has 0 aliphatic carbocycles. The fraction of sp³-hybridized carbons (Fsp3) is 0.800. The van der Waals surface area contributed by atoms with Gasteiger partial charge in [0.25, 0.3) is 0 Å². The first-order chi connectivity index (χ1) is 7.01. The van der Waals surface area contributed by atoms with Crippen LogP contribution in [-0.4, -0.2) is 17.3 Å². The molecule has 0 unspecified atom stereocenters. The quantitative estimate of drug-likeness (QED) is 0.806. The number of methoxy groups -OCH3 is 1. The summed E-state index contributed by atoms with van der Waals surface area (Å²) in [5, 5.41) is 3.87. The van der Waals surface area contributed by atoms with E-state index in [2.05, 4.69) is 17.1 Å². The van der Waals surface area contributed by atoms with Gasteiger partial charge >= 0.3 is 0 Å². The average molecular weight is 213 g/mol. The first-order valence-corrected chi connectivity index (χ1v) is 5.16. The van der Waals surface area contributed by atoms with E-state index >= 15 is 0 Å². The van der Waals surface area contributed by atoms with E-state index in [0.29, 0.717) is 11.7 Å². The second kappa shape index (κ2) is 4.72. The molecule has 5 nitrogen and oxygen atoms in total. The van der Waals surface area contributed by atoms with Crippen molar-refractivity contribution in [3.8, 4) is 0 Å². The van der Waals surface area contributed by atoms with Crippen molar-refractivity contribution in [2.75, 3.05) is 7.11 Å². The maximum absolute atomic E-state index is 5.87. The number of nitrogens with zero attached hydrogens (tertiary/aromatic N) is 2. The van der Waals surface area contributed by atoms with E-state index in [1.54, 1.807) is 7.11 Å². The zero-order chi connectivity index (χ0) is 11.5. The standard InChI is InChI=1S/C10H19N3O2/c1-5-6-7(11)8-12-9(13-15-8)10(2,3)14-4/h7H,5-6,11H2,1-4H3/t7-/m0/s1. The number of nitrogens with two attached hydrogens (primary N) is 1. The van der Waals surface area contributed by atoms with E-state index in [-0.39, 0.29) is 6.04 Å². The Morgan fingerprint density at radius 2 is 2.20 bits per heavy atom. The van der Waals surface area contributed by atoms with Crippen LogP contribution < -0.4 is 5.73 Å². The molecule has 0 amide bonds. The van der Waals surface area contributed by atoms with Crippen molar-refractivity contribution in [2.45, 2.75) is 45.3 Å². The summed E-state index contributed by atoms with van der Waals surface area (Å²) in [5.41, 5.74) is 5.33. The Hall–Kier alpha value is -0.940. The van der Waals surface area contributed by atoms with Gasteiger partial charge in [-0.1, -0.05) is 18.5 Å². The molecule has 1 heterocycles. The minimum Gasteiger partial charge on any atom is -0.371 e. The van der Waals surface area contributed by atoms with Crippen LogP contribution in [0.5, 0.6) is 0 Å². The van der Waals surface area contributed by atoms with Gasteiger partial charge < -0.3 is 15.0 Å². The van der Waals surface area contributed by atoms with Crippen LogP contribution in [0, 0.1) is 0 Å². The van der Waals surface area contributed by atoms with E-state index in [1.807, 2.05) is 13.8 Å². The van der Waals surface area contributed by atoms with Crippen LogP contribution in [-0.2, 0) is 10.3 Å². The molecule has 0 saturated carbocycles. The van der Waals surface area contributed by atoms with Crippen molar-refractivity contribution >= 4 is 0 Å². The molecule has 15 heavy (non-hydrogen) atoms. The molecule has 0 bridgehead atoms. The van der Waals surface area contributed by atoms with Crippen LogP contribution in [0.2, 0.25) is 0 Å². The molecule has 2 N–H and O–H groups in total. The Bertz CT molecular complexity index is 309. The second-order valence-corrected chi connectivity index (χ2v) is 4.07. The van der Waals surface area contributed by atoms with Crippen LogP contribution in [0.4, 0.5) is 0 Å².